The fourth-order valence-electron chi connectivity index (χ4n) is 2.97. The van der Waals surface area contributed by atoms with Crippen molar-refractivity contribution in [1.82, 2.24) is 24.4 Å². The van der Waals surface area contributed by atoms with Crippen molar-refractivity contribution >= 4 is 29.4 Å². The van der Waals surface area contributed by atoms with E-state index in [4.69, 9.17) is 14.2 Å². The number of imidazole rings is 1. The predicted molar refractivity (Wildman–Crippen MR) is 103 cm³/mol. The molecular formula is C17H24N6O7. The number of hydrogen-bond donors (Lipinski definition) is 3. The molecule has 0 saturated carbocycles. The van der Waals surface area contributed by atoms with E-state index in [1.54, 1.807) is 25.9 Å². The number of hydrogen-bond acceptors (Lipinski definition) is 10. The number of nitrogens with one attached hydrogen (secondary N) is 1. The summed E-state index contributed by atoms with van der Waals surface area (Å²) in [5, 5.41) is 20.0. The van der Waals surface area contributed by atoms with Crippen molar-refractivity contribution in [3.8, 4) is 0 Å². The van der Waals surface area contributed by atoms with Crippen LogP contribution in [0.5, 0.6) is 0 Å². The second-order valence-electron chi connectivity index (χ2n) is 6.74. The number of H-pyrrole nitrogens is 1. The maximum atomic E-state index is 12.3. The van der Waals surface area contributed by atoms with Gasteiger partial charge in [0.05, 0.1) is 25.9 Å². The largest absolute Gasteiger partial charge is 0.464 e. The zero-order valence-electron chi connectivity index (χ0n) is 16.8. The summed E-state index contributed by atoms with van der Waals surface area (Å²) >= 11 is 0. The Balaban J connectivity index is 1.96. The van der Waals surface area contributed by atoms with Crippen molar-refractivity contribution in [2.24, 2.45) is 4.99 Å². The maximum absolute atomic E-state index is 12.3. The Hall–Kier alpha value is -2.87. The Morgan fingerprint density at radius 1 is 1.50 bits per heavy atom. The van der Waals surface area contributed by atoms with Crippen molar-refractivity contribution in [3.05, 3.63) is 16.7 Å². The van der Waals surface area contributed by atoms with Crippen LogP contribution in [0.1, 0.15) is 13.2 Å². The van der Waals surface area contributed by atoms with Gasteiger partial charge in [0.2, 0.25) is 5.95 Å². The van der Waals surface area contributed by atoms with Crippen molar-refractivity contribution in [1.29, 1.82) is 0 Å². The topological polar surface area (TPSA) is 164 Å². The number of rotatable bonds is 8. The van der Waals surface area contributed by atoms with Crippen molar-refractivity contribution < 1.29 is 29.2 Å². The number of carbonyl (C=O) groups excluding carboxylic acids is 1. The van der Waals surface area contributed by atoms with Gasteiger partial charge in [-0.3, -0.25) is 14.3 Å². The zero-order chi connectivity index (χ0) is 21.8. The summed E-state index contributed by atoms with van der Waals surface area (Å²) in [6.07, 6.45) is -1.47. The molecule has 3 rings (SSSR count). The first-order chi connectivity index (χ1) is 14.3. The van der Waals surface area contributed by atoms with Gasteiger partial charge in [-0.1, -0.05) is 0 Å². The summed E-state index contributed by atoms with van der Waals surface area (Å²) in [5.41, 5.74) is -0.329. The highest BCUT2D eigenvalue weighted by Crippen LogP contribution is 2.33. The molecule has 0 radical (unpaired) electrons. The van der Waals surface area contributed by atoms with Gasteiger partial charge < -0.3 is 29.3 Å². The molecule has 0 unspecified atom stereocenters. The number of esters is 1. The molecule has 13 nitrogen and oxygen atoms in total. The number of ether oxygens (including phenoxy) is 3. The molecule has 30 heavy (non-hydrogen) atoms. The number of aromatic amines is 1. The van der Waals surface area contributed by atoms with Crippen LogP contribution in [0, 0.1) is 0 Å². The summed E-state index contributed by atoms with van der Waals surface area (Å²) in [4.78, 5) is 40.6. The first-order valence-electron chi connectivity index (χ1n) is 9.24. The first kappa shape index (κ1) is 21.8. The minimum absolute atomic E-state index is 0.0356. The maximum Gasteiger partial charge on any atom is 0.332 e. The molecule has 13 heteroatoms. The van der Waals surface area contributed by atoms with Crippen LogP contribution in [0.4, 0.5) is 5.95 Å². The lowest BCUT2D eigenvalue weighted by atomic mass is 10.1. The Bertz CT molecular complexity index is 971. The lowest BCUT2D eigenvalue weighted by Gasteiger charge is -2.21. The van der Waals surface area contributed by atoms with E-state index >= 15 is 0 Å². The van der Waals surface area contributed by atoms with E-state index < -0.39 is 49.3 Å². The summed E-state index contributed by atoms with van der Waals surface area (Å²) in [5.74, 6) is -0.564. The summed E-state index contributed by atoms with van der Waals surface area (Å²) in [6, 6.07) is 0. The van der Waals surface area contributed by atoms with E-state index in [2.05, 4.69) is 19.9 Å². The van der Waals surface area contributed by atoms with Gasteiger partial charge in [0.25, 0.3) is 5.56 Å². The molecule has 2 aromatic rings. The van der Waals surface area contributed by atoms with Crippen LogP contribution in [-0.2, 0) is 19.0 Å². The monoisotopic (exact) mass is 424 g/mol. The number of aliphatic hydroxyl groups is 2. The smallest absolute Gasteiger partial charge is 0.332 e. The van der Waals surface area contributed by atoms with Gasteiger partial charge in [-0.15, -0.1) is 0 Å². The van der Waals surface area contributed by atoms with E-state index in [1.165, 1.54) is 17.2 Å². The molecule has 1 saturated heterocycles. The molecule has 0 bridgehead atoms. The van der Waals surface area contributed by atoms with E-state index in [9.17, 15) is 19.8 Å². The van der Waals surface area contributed by atoms with E-state index in [1.807, 2.05) is 0 Å². The number of aliphatic imine (C=N–C) groups is 1. The molecule has 3 N–H and O–H groups in total. The molecule has 2 aromatic heterocycles. The number of aliphatic hydroxyl groups excluding tert-OH is 2. The molecule has 0 aromatic carbocycles. The quantitative estimate of drug-likeness (QED) is 0.259. The van der Waals surface area contributed by atoms with Crippen molar-refractivity contribution in [2.45, 2.75) is 31.5 Å². The molecule has 164 valence electrons. The Morgan fingerprint density at radius 3 is 2.93 bits per heavy atom. The Kier molecular flexibility index (Phi) is 6.77. The fourth-order valence-corrected chi connectivity index (χ4v) is 2.97. The minimum Gasteiger partial charge on any atom is -0.464 e. The van der Waals surface area contributed by atoms with Gasteiger partial charge in [-0.25, -0.2) is 14.8 Å². The van der Waals surface area contributed by atoms with E-state index in [0.717, 1.165) is 0 Å². The highest BCUT2D eigenvalue weighted by molar-refractivity contribution is 5.71. The third-order valence-electron chi connectivity index (χ3n) is 4.30. The summed E-state index contributed by atoms with van der Waals surface area (Å²) in [7, 11) is 3.53. The van der Waals surface area contributed by atoms with Crippen LogP contribution < -0.4 is 5.56 Å². The number of carbonyl (C=O) groups is 1. The standard InChI is InChI=1S/C17H24N6O7/c1-4-28-10(25)6-29-13-12(26)9(5-24)30-16(13)23-8-18-11-14(23)20-17(21-15(11)27)19-7-22(2)3/h7-9,12-13,16,24,26H,4-6H2,1-3H3,(H,20,21,27)/b19-7+/t9-,12-,13-,16-/m1/s1. The lowest BCUT2D eigenvalue weighted by molar-refractivity contribution is -0.154. The summed E-state index contributed by atoms with van der Waals surface area (Å²) in [6.45, 7) is 0.944. The predicted octanol–water partition coefficient (Wildman–Crippen LogP) is -1.46. The Morgan fingerprint density at radius 2 is 2.27 bits per heavy atom. The van der Waals surface area contributed by atoms with Crippen LogP contribution in [0.3, 0.4) is 0 Å². The molecule has 1 aliphatic heterocycles. The van der Waals surface area contributed by atoms with Gasteiger partial charge in [0.15, 0.2) is 17.4 Å². The highest BCUT2D eigenvalue weighted by Gasteiger charge is 2.46. The lowest BCUT2D eigenvalue weighted by Crippen LogP contribution is -2.36. The molecule has 4 atom stereocenters. The van der Waals surface area contributed by atoms with E-state index in [-0.39, 0.29) is 23.7 Å². The molecule has 1 fully saturated rings. The van der Waals surface area contributed by atoms with Gasteiger partial charge in [-0.05, 0) is 6.92 Å². The van der Waals surface area contributed by atoms with Gasteiger partial charge >= 0.3 is 5.97 Å². The van der Waals surface area contributed by atoms with Crippen molar-refractivity contribution in [2.75, 3.05) is 33.9 Å². The average molecular weight is 424 g/mol. The molecule has 0 spiro atoms. The molecule has 1 aliphatic rings. The van der Waals surface area contributed by atoms with E-state index in [0.29, 0.717) is 0 Å². The molecule has 3 heterocycles. The van der Waals surface area contributed by atoms with Gasteiger partial charge in [0.1, 0.15) is 24.9 Å². The second-order valence-corrected chi connectivity index (χ2v) is 6.74. The fraction of sp³-hybridized carbons (Fsp3) is 0.588. The minimum atomic E-state index is -1.24. The SMILES string of the molecule is CCOC(=O)CO[C@@H]1[C@H](O)[C@@H](CO)O[C@H]1n1cnc2c(=O)[nH]c(/N=C/N(C)C)nc21. The van der Waals surface area contributed by atoms with Gasteiger partial charge in [-0.2, -0.15) is 4.98 Å². The molecule has 0 amide bonds. The van der Waals surface area contributed by atoms with Crippen LogP contribution in [0.15, 0.2) is 16.1 Å². The van der Waals surface area contributed by atoms with Crippen molar-refractivity contribution in [3.63, 3.8) is 0 Å². The number of nitrogens with zero attached hydrogens (tertiary/aromatic N) is 5. The summed E-state index contributed by atoms with van der Waals surface area (Å²) < 4.78 is 17.5. The third-order valence-corrected chi connectivity index (χ3v) is 4.30. The normalized spacial score (nSPS) is 24.0. The van der Waals surface area contributed by atoms with Crippen LogP contribution in [-0.4, -0.2) is 99.2 Å². The van der Waals surface area contributed by atoms with Crippen LogP contribution in [0.25, 0.3) is 11.2 Å². The van der Waals surface area contributed by atoms with Crippen LogP contribution in [0.2, 0.25) is 0 Å². The Labute approximate surface area is 170 Å². The zero-order valence-corrected chi connectivity index (χ0v) is 16.8. The second kappa shape index (κ2) is 9.30. The highest BCUT2D eigenvalue weighted by atomic mass is 16.6. The van der Waals surface area contributed by atoms with Crippen LogP contribution >= 0.6 is 0 Å². The molecular weight excluding hydrogens is 400 g/mol. The average Bonchev–Trinajstić information content (AvgIpc) is 3.26. The number of fused-ring (bicyclic) bond motifs is 1. The third kappa shape index (κ3) is 4.48. The molecule has 0 aliphatic carbocycles. The number of aromatic nitrogens is 4. The first-order valence-corrected chi connectivity index (χ1v) is 9.24. The van der Waals surface area contributed by atoms with Gasteiger partial charge in [0, 0.05) is 14.1 Å².